The summed E-state index contributed by atoms with van der Waals surface area (Å²) in [4.78, 5) is 10.1. The van der Waals surface area contributed by atoms with Gasteiger partial charge in [0.2, 0.25) is 0 Å². The van der Waals surface area contributed by atoms with E-state index in [1.54, 1.807) is 24.3 Å². The van der Waals surface area contributed by atoms with E-state index in [-0.39, 0.29) is 16.5 Å². The number of hydrogen-bond acceptors (Lipinski definition) is 4. The third kappa shape index (κ3) is 3.14. The molecule has 0 aliphatic heterocycles. The van der Waals surface area contributed by atoms with Crippen molar-refractivity contribution in [1.29, 1.82) is 0 Å². The number of aromatic hydroxyl groups is 1. The van der Waals surface area contributed by atoms with Gasteiger partial charge in [-0.2, -0.15) is 0 Å². The van der Waals surface area contributed by atoms with Gasteiger partial charge in [0.1, 0.15) is 10.8 Å². The Hall–Kier alpha value is -2.27. The zero-order valence-electron chi connectivity index (χ0n) is 9.84. The second-order valence-electron chi connectivity index (χ2n) is 3.91. The van der Waals surface area contributed by atoms with Crippen LogP contribution in [0.25, 0.3) is 0 Å². The van der Waals surface area contributed by atoms with Gasteiger partial charge < -0.3 is 10.4 Å². The summed E-state index contributed by atoms with van der Waals surface area (Å²) in [6, 6.07) is 11.3. The zero-order chi connectivity index (χ0) is 13.8. The first kappa shape index (κ1) is 13.2. The van der Waals surface area contributed by atoms with Crippen molar-refractivity contribution in [3.05, 3.63) is 63.2 Å². The highest BCUT2D eigenvalue weighted by Crippen LogP contribution is 2.27. The summed E-state index contributed by atoms with van der Waals surface area (Å²) in [6.07, 6.45) is 0. The van der Waals surface area contributed by atoms with Gasteiger partial charge in [0.05, 0.1) is 4.92 Å². The topological polar surface area (TPSA) is 75.4 Å². The van der Waals surface area contributed by atoms with Gasteiger partial charge in [-0.3, -0.25) is 10.1 Å². The summed E-state index contributed by atoms with van der Waals surface area (Å²) < 4.78 is 0. The van der Waals surface area contributed by atoms with Crippen molar-refractivity contribution in [1.82, 2.24) is 0 Å². The van der Waals surface area contributed by atoms with Crippen LogP contribution < -0.4 is 5.32 Å². The van der Waals surface area contributed by atoms with E-state index in [2.05, 4.69) is 5.32 Å². The number of nitro benzene ring substituents is 1. The van der Waals surface area contributed by atoms with Crippen molar-refractivity contribution in [3.8, 4) is 5.75 Å². The molecule has 98 valence electrons. The molecule has 2 N–H and O–H groups in total. The molecule has 2 rings (SSSR count). The van der Waals surface area contributed by atoms with Crippen LogP contribution in [0.3, 0.4) is 0 Å². The van der Waals surface area contributed by atoms with Gasteiger partial charge in [-0.1, -0.05) is 29.8 Å². The maximum atomic E-state index is 10.6. The Bertz CT molecular complexity index is 617. The molecular formula is C13H11ClN2O3. The van der Waals surface area contributed by atoms with E-state index in [0.717, 1.165) is 5.56 Å². The molecule has 0 aromatic heterocycles. The van der Waals surface area contributed by atoms with Crippen molar-refractivity contribution >= 4 is 23.0 Å². The third-order valence-electron chi connectivity index (χ3n) is 2.62. The Morgan fingerprint density at radius 3 is 2.63 bits per heavy atom. The Kier molecular flexibility index (Phi) is 3.87. The zero-order valence-corrected chi connectivity index (χ0v) is 10.6. The number of hydrogen-bond donors (Lipinski definition) is 2. The quantitative estimate of drug-likeness (QED) is 0.662. The van der Waals surface area contributed by atoms with Crippen LogP contribution in [0.2, 0.25) is 5.02 Å². The largest absolute Gasteiger partial charge is 0.508 e. The van der Waals surface area contributed by atoms with Gasteiger partial charge in [-0.15, -0.1) is 0 Å². The Balaban J connectivity index is 2.11. The molecule has 2 aromatic carbocycles. The molecule has 0 saturated carbocycles. The molecule has 0 bridgehead atoms. The van der Waals surface area contributed by atoms with Gasteiger partial charge >= 0.3 is 0 Å². The minimum Gasteiger partial charge on any atom is -0.508 e. The maximum absolute atomic E-state index is 10.6. The lowest BCUT2D eigenvalue weighted by Crippen LogP contribution is -2.00. The average Bonchev–Trinajstić information content (AvgIpc) is 2.37. The number of nitro groups is 1. The Morgan fingerprint density at radius 2 is 2.00 bits per heavy atom. The molecule has 19 heavy (non-hydrogen) atoms. The predicted octanol–water partition coefficient (Wildman–Crippen LogP) is 3.57. The first-order valence-corrected chi connectivity index (χ1v) is 5.90. The number of para-hydroxylation sites is 1. The van der Waals surface area contributed by atoms with Gasteiger partial charge in [0.15, 0.2) is 0 Å². The highest BCUT2D eigenvalue weighted by molar-refractivity contribution is 6.32. The van der Waals surface area contributed by atoms with Crippen molar-refractivity contribution in [2.24, 2.45) is 0 Å². The molecule has 0 aliphatic carbocycles. The molecule has 0 unspecified atom stereocenters. The smallest absolute Gasteiger partial charge is 0.288 e. The monoisotopic (exact) mass is 278 g/mol. The van der Waals surface area contributed by atoms with Crippen LogP contribution in [-0.2, 0) is 6.54 Å². The highest BCUT2D eigenvalue weighted by Gasteiger charge is 2.11. The van der Waals surface area contributed by atoms with E-state index < -0.39 is 4.92 Å². The van der Waals surface area contributed by atoms with Crippen molar-refractivity contribution in [2.75, 3.05) is 5.32 Å². The molecule has 0 spiro atoms. The molecule has 0 radical (unpaired) electrons. The third-order valence-corrected chi connectivity index (χ3v) is 2.92. The summed E-state index contributed by atoms with van der Waals surface area (Å²) in [5, 5.41) is 23.3. The van der Waals surface area contributed by atoms with Gasteiger partial charge in [0, 0.05) is 23.9 Å². The minimum absolute atomic E-state index is 0.0762. The normalized spacial score (nSPS) is 10.2. The fraction of sp³-hybridized carbons (Fsp3) is 0.0769. The molecule has 0 atom stereocenters. The fourth-order valence-corrected chi connectivity index (χ4v) is 1.87. The molecule has 6 heteroatoms. The summed E-state index contributed by atoms with van der Waals surface area (Å²) in [6.45, 7) is 0.404. The van der Waals surface area contributed by atoms with E-state index in [0.29, 0.717) is 12.2 Å². The number of phenolic OH excluding ortho intramolecular Hbond substituents is 1. The van der Waals surface area contributed by atoms with Gasteiger partial charge in [-0.25, -0.2) is 0 Å². The molecular weight excluding hydrogens is 268 g/mol. The summed E-state index contributed by atoms with van der Waals surface area (Å²) >= 11 is 5.81. The molecule has 0 aliphatic rings. The maximum Gasteiger partial charge on any atom is 0.288 e. The van der Waals surface area contributed by atoms with Gasteiger partial charge in [0.25, 0.3) is 5.69 Å². The van der Waals surface area contributed by atoms with Crippen LogP contribution in [0, 0.1) is 10.1 Å². The van der Waals surface area contributed by atoms with Crippen molar-refractivity contribution in [3.63, 3.8) is 0 Å². The van der Waals surface area contributed by atoms with Crippen LogP contribution in [0.1, 0.15) is 5.56 Å². The van der Waals surface area contributed by atoms with Crippen molar-refractivity contribution in [2.45, 2.75) is 6.54 Å². The summed E-state index contributed by atoms with van der Waals surface area (Å²) in [5.74, 6) is 0.197. The van der Waals surface area contributed by atoms with Crippen molar-refractivity contribution < 1.29 is 10.0 Å². The standard InChI is InChI=1S/C13H11ClN2O3/c14-11-7-10(5-6-12(11)16(18)19)15-8-9-3-1-2-4-13(9)17/h1-7,15,17H,8H2. The summed E-state index contributed by atoms with van der Waals surface area (Å²) in [7, 11) is 0. The number of halogens is 1. The van der Waals surface area contributed by atoms with E-state index in [1.807, 2.05) is 6.07 Å². The average molecular weight is 279 g/mol. The molecule has 0 heterocycles. The lowest BCUT2D eigenvalue weighted by atomic mass is 10.2. The first-order chi connectivity index (χ1) is 9.08. The molecule has 0 fully saturated rings. The van der Waals surface area contributed by atoms with Crippen LogP contribution in [0.4, 0.5) is 11.4 Å². The number of rotatable bonds is 4. The van der Waals surface area contributed by atoms with E-state index in [1.165, 1.54) is 12.1 Å². The highest BCUT2D eigenvalue weighted by atomic mass is 35.5. The number of anilines is 1. The number of benzene rings is 2. The van der Waals surface area contributed by atoms with Crippen LogP contribution in [0.15, 0.2) is 42.5 Å². The van der Waals surface area contributed by atoms with Crippen LogP contribution >= 0.6 is 11.6 Å². The van der Waals surface area contributed by atoms with E-state index in [4.69, 9.17) is 11.6 Å². The lowest BCUT2D eigenvalue weighted by molar-refractivity contribution is -0.384. The van der Waals surface area contributed by atoms with E-state index >= 15 is 0 Å². The first-order valence-electron chi connectivity index (χ1n) is 5.52. The number of nitrogens with zero attached hydrogens (tertiary/aromatic N) is 1. The van der Waals surface area contributed by atoms with E-state index in [9.17, 15) is 15.2 Å². The molecule has 2 aromatic rings. The second-order valence-corrected chi connectivity index (χ2v) is 4.31. The molecule has 0 saturated heterocycles. The minimum atomic E-state index is -0.533. The SMILES string of the molecule is O=[N+]([O-])c1ccc(NCc2ccccc2O)cc1Cl. The number of phenols is 1. The van der Waals surface area contributed by atoms with Crippen LogP contribution in [0.5, 0.6) is 5.75 Å². The number of nitrogens with one attached hydrogen (secondary N) is 1. The van der Waals surface area contributed by atoms with Gasteiger partial charge in [-0.05, 0) is 18.2 Å². The predicted molar refractivity (Wildman–Crippen MR) is 73.5 cm³/mol. The lowest BCUT2D eigenvalue weighted by Gasteiger charge is -2.08. The molecule has 0 amide bonds. The molecule has 5 nitrogen and oxygen atoms in total. The Labute approximate surface area is 114 Å². The Morgan fingerprint density at radius 1 is 1.26 bits per heavy atom. The fourth-order valence-electron chi connectivity index (χ4n) is 1.62. The second kappa shape index (κ2) is 5.58. The summed E-state index contributed by atoms with van der Waals surface area (Å²) in [5.41, 5.74) is 1.26. The van der Waals surface area contributed by atoms with Crippen LogP contribution in [-0.4, -0.2) is 10.0 Å².